The molecule has 0 N–H and O–H groups in total. The van der Waals surface area contributed by atoms with Gasteiger partial charge >= 0.3 is 6.36 Å². The summed E-state index contributed by atoms with van der Waals surface area (Å²) in [6, 6.07) is 15.1. The number of halogens is 7. The molecule has 0 bridgehead atoms. The first-order chi connectivity index (χ1) is 15.0. The number of rotatable bonds is 6. The second-order valence-corrected chi connectivity index (χ2v) is 7.06. The van der Waals surface area contributed by atoms with E-state index in [4.69, 9.17) is 0 Å². The van der Waals surface area contributed by atoms with Crippen molar-refractivity contribution in [3.8, 4) is 16.9 Å². The molecular weight excluding hydrogens is 437 g/mol. The van der Waals surface area contributed by atoms with E-state index >= 15 is 0 Å². The van der Waals surface area contributed by atoms with Gasteiger partial charge in [-0.05, 0) is 54.2 Å². The molecule has 0 saturated heterocycles. The summed E-state index contributed by atoms with van der Waals surface area (Å²) in [6.45, 7) is 1.04. The van der Waals surface area contributed by atoms with Crippen LogP contribution in [0.5, 0.6) is 5.75 Å². The van der Waals surface area contributed by atoms with Crippen LogP contribution in [0.3, 0.4) is 0 Å². The Bertz CT molecular complexity index is 1090. The zero-order valence-corrected chi connectivity index (χ0v) is 16.7. The van der Waals surface area contributed by atoms with Crippen molar-refractivity contribution < 1.29 is 35.5 Å². The van der Waals surface area contributed by atoms with E-state index < -0.39 is 35.4 Å². The average molecular weight is 454 g/mol. The van der Waals surface area contributed by atoms with Crippen LogP contribution in [0.25, 0.3) is 17.0 Å². The van der Waals surface area contributed by atoms with E-state index in [0.29, 0.717) is 6.42 Å². The third kappa shape index (κ3) is 5.90. The molecule has 168 valence electrons. The maximum absolute atomic E-state index is 13.8. The number of alkyl halides is 3. The van der Waals surface area contributed by atoms with Crippen LogP contribution < -0.4 is 4.74 Å². The van der Waals surface area contributed by atoms with Crippen molar-refractivity contribution in [2.45, 2.75) is 26.1 Å². The van der Waals surface area contributed by atoms with E-state index in [1.54, 1.807) is 36.4 Å². The molecule has 0 aliphatic carbocycles. The molecule has 0 aliphatic rings. The first kappa shape index (κ1) is 23.4. The Labute approximate surface area is 179 Å². The van der Waals surface area contributed by atoms with Crippen molar-refractivity contribution in [3.05, 3.63) is 94.8 Å². The zero-order chi connectivity index (χ0) is 23.5. The van der Waals surface area contributed by atoms with Crippen LogP contribution in [-0.2, 0) is 12.8 Å². The van der Waals surface area contributed by atoms with Gasteiger partial charge in [0.15, 0.2) is 17.5 Å². The van der Waals surface area contributed by atoms with Crippen LogP contribution >= 0.6 is 0 Å². The molecule has 0 saturated carbocycles. The van der Waals surface area contributed by atoms with Gasteiger partial charge in [-0.15, -0.1) is 13.2 Å². The lowest BCUT2D eigenvalue weighted by atomic mass is 9.99. The lowest BCUT2D eigenvalue weighted by Crippen LogP contribution is -2.19. The fourth-order valence-corrected chi connectivity index (χ4v) is 3.13. The SMILES string of the molecule is CC(F)=C(F)c1ccc(-c2ccc(CCc3cc(F)c(OC(F)(F)F)c(F)c3)cc2)cc1. The summed E-state index contributed by atoms with van der Waals surface area (Å²) in [5, 5.41) is 0. The highest BCUT2D eigenvalue weighted by Crippen LogP contribution is 2.30. The minimum atomic E-state index is -5.19. The average Bonchev–Trinajstić information content (AvgIpc) is 2.74. The number of aryl methyl sites for hydroxylation is 2. The van der Waals surface area contributed by atoms with Crippen molar-refractivity contribution >= 4 is 5.83 Å². The molecular formula is C24H17F7O. The highest BCUT2D eigenvalue weighted by molar-refractivity contribution is 5.68. The molecule has 0 amide bonds. The predicted molar refractivity (Wildman–Crippen MR) is 107 cm³/mol. The Morgan fingerprint density at radius 2 is 1.22 bits per heavy atom. The standard InChI is InChI=1S/C24H17F7O/c1-14(25)22(28)19-10-8-18(9-11-19)17-6-4-15(5-7-17)2-3-16-12-20(26)23(21(27)13-16)32-24(29,30)31/h4-13H,2-3H2,1H3. The van der Waals surface area contributed by atoms with Crippen LogP contribution in [0.4, 0.5) is 30.7 Å². The van der Waals surface area contributed by atoms with Gasteiger partial charge in [0.2, 0.25) is 5.75 Å². The predicted octanol–water partition coefficient (Wildman–Crippen LogP) is 7.94. The Balaban J connectivity index is 1.67. The van der Waals surface area contributed by atoms with Crippen molar-refractivity contribution in [2.24, 2.45) is 0 Å². The van der Waals surface area contributed by atoms with Gasteiger partial charge in [0, 0.05) is 5.56 Å². The number of allylic oxidation sites excluding steroid dienone is 1. The summed E-state index contributed by atoms with van der Waals surface area (Å²) in [7, 11) is 0. The Hall–Kier alpha value is -3.29. The summed E-state index contributed by atoms with van der Waals surface area (Å²) < 4.78 is 94.3. The van der Waals surface area contributed by atoms with Gasteiger partial charge in [0.25, 0.3) is 0 Å². The first-order valence-corrected chi connectivity index (χ1v) is 9.49. The van der Waals surface area contributed by atoms with Crippen molar-refractivity contribution in [1.82, 2.24) is 0 Å². The molecule has 0 unspecified atom stereocenters. The lowest BCUT2D eigenvalue weighted by molar-refractivity contribution is -0.276. The molecule has 0 aliphatic heterocycles. The minimum absolute atomic E-state index is 0.136. The van der Waals surface area contributed by atoms with E-state index in [0.717, 1.165) is 35.7 Å². The summed E-state index contributed by atoms with van der Waals surface area (Å²) in [5.74, 6) is -6.15. The smallest absolute Gasteiger partial charge is 0.399 e. The highest BCUT2D eigenvalue weighted by Gasteiger charge is 2.34. The van der Waals surface area contributed by atoms with Gasteiger partial charge < -0.3 is 4.74 Å². The molecule has 0 aromatic heterocycles. The molecule has 0 heterocycles. The maximum atomic E-state index is 13.8. The van der Waals surface area contributed by atoms with Gasteiger partial charge in [-0.2, -0.15) is 0 Å². The minimum Gasteiger partial charge on any atom is -0.399 e. The lowest BCUT2D eigenvalue weighted by Gasteiger charge is -2.12. The third-order valence-corrected chi connectivity index (χ3v) is 4.71. The topological polar surface area (TPSA) is 9.23 Å². The summed E-state index contributed by atoms with van der Waals surface area (Å²) in [5.41, 5.74) is 2.77. The van der Waals surface area contributed by atoms with Gasteiger partial charge in [-0.1, -0.05) is 48.5 Å². The van der Waals surface area contributed by atoms with Gasteiger partial charge in [-0.25, -0.2) is 17.6 Å². The molecule has 3 rings (SSSR count). The molecule has 3 aromatic rings. The number of ether oxygens (including phenoxy) is 1. The molecule has 32 heavy (non-hydrogen) atoms. The summed E-state index contributed by atoms with van der Waals surface area (Å²) in [6.07, 6.45) is -4.60. The van der Waals surface area contributed by atoms with E-state index in [1.165, 1.54) is 12.1 Å². The molecule has 0 spiro atoms. The monoisotopic (exact) mass is 454 g/mol. The van der Waals surface area contributed by atoms with Gasteiger partial charge in [0.1, 0.15) is 5.83 Å². The van der Waals surface area contributed by atoms with Gasteiger partial charge in [-0.3, -0.25) is 0 Å². The molecule has 1 nitrogen and oxygen atoms in total. The molecule has 0 atom stereocenters. The van der Waals surface area contributed by atoms with E-state index in [9.17, 15) is 30.7 Å². The highest BCUT2D eigenvalue weighted by atomic mass is 19.4. The third-order valence-electron chi connectivity index (χ3n) is 4.71. The van der Waals surface area contributed by atoms with E-state index in [1.807, 2.05) is 0 Å². The van der Waals surface area contributed by atoms with Crippen LogP contribution in [0.2, 0.25) is 0 Å². The summed E-state index contributed by atoms with van der Waals surface area (Å²) in [4.78, 5) is 0. The normalized spacial score (nSPS) is 12.5. The Kier molecular flexibility index (Phi) is 6.91. The van der Waals surface area contributed by atoms with Crippen molar-refractivity contribution in [2.75, 3.05) is 0 Å². The zero-order valence-electron chi connectivity index (χ0n) is 16.7. The van der Waals surface area contributed by atoms with Gasteiger partial charge in [0.05, 0.1) is 0 Å². The van der Waals surface area contributed by atoms with Crippen molar-refractivity contribution in [1.29, 1.82) is 0 Å². The molecule has 0 radical (unpaired) electrons. The largest absolute Gasteiger partial charge is 0.573 e. The number of hydrogen-bond acceptors (Lipinski definition) is 1. The van der Waals surface area contributed by atoms with E-state index in [2.05, 4.69) is 4.74 Å². The Morgan fingerprint density at radius 1 is 0.750 bits per heavy atom. The van der Waals surface area contributed by atoms with Crippen LogP contribution in [0.1, 0.15) is 23.6 Å². The fraction of sp³-hybridized carbons (Fsp3) is 0.167. The Morgan fingerprint density at radius 3 is 1.69 bits per heavy atom. The quantitative estimate of drug-likeness (QED) is 0.344. The number of hydrogen-bond donors (Lipinski definition) is 0. The molecule has 8 heteroatoms. The van der Waals surface area contributed by atoms with Crippen LogP contribution in [-0.4, -0.2) is 6.36 Å². The molecule has 3 aromatic carbocycles. The summed E-state index contributed by atoms with van der Waals surface area (Å²) >= 11 is 0. The van der Waals surface area contributed by atoms with Crippen LogP contribution in [0, 0.1) is 11.6 Å². The second-order valence-electron chi connectivity index (χ2n) is 7.06. The van der Waals surface area contributed by atoms with Crippen molar-refractivity contribution in [3.63, 3.8) is 0 Å². The fourth-order valence-electron chi connectivity index (χ4n) is 3.13. The first-order valence-electron chi connectivity index (χ1n) is 9.49. The number of benzene rings is 3. The van der Waals surface area contributed by atoms with E-state index in [-0.39, 0.29) is 17.5 Å². The second kappa shape index (κ2) is 9.46. The van der Waals surface area contributed by atoms with Crippen LogP contribution in [0.15, 0.2) is 66.5 Å². The molecule has 0 fully saturated rings. The maximum Gasteiger partial charge on any atom is 0.573 e.